The van der Waals surface area contributed by atoms with Crippen LogP contribution in [0.2, 0.25) is 0 Å². The minimum atomic E-state index is 0.0184. The Morgan fingerprint density at radius 2 is 2.00 bits per heavy atom. The highest BCUT2D eigenvalue weighted by Crippen LogP contribution is 2.21. The third kappa shape index (κ3) is 9.87. The van der Waals surface area contributed by atoms with Crippen molar-refractivity contribution in [3.8, 4) is 0 Å². The first-order valence-corrected chi connectivity index (χ1v) is 8.70. The minimum Gasteiger partial charge on any atom is -0.353 e. The Labute approximate surface area is 131 Å². The normalized spacial score (nSPS) is 20.6. The fourth-order valence-corrected chi connectivity index (χ4v) is 2.39. The molecule has 1 aliphatic rings. The van der Waals surface area contributed by atoms with E-state index in [9.17, 15) is 0 Å². The number of unbranched alkanes of at least 4 members (excludes halogenated alkanes) is 3. The highest BCUT2D eigenvalue weighted by molar-refractivity contribution is 4.99. The average Bonchev–Trinajstić information content (AvgIpc) is 2.49. The summed E-state index contributed by atoms with van der Waals surface area (Å²) >= 11 is 0. The van der Waals surface area contributed by atoms with E-state index in [0.29, 0.717) is 0 Å². The van der Waals surface area contributed by atoms with E-state index < -0.39 is 0 Å². The summed E-state index contributed by atoms with van der Waals surface area (Å²) < 4.78 is 11.5. The molecule has 0 aliphatic carbocycles. The molecular formula is C19H34O2. The fourth-order valence-electron chi connectivity index (χ4n) is 2.39. The van der Waals surface area contributed by atoms with Crippen molar-refractivity contribution in [2.75, 3.05) is 13.2 Å². The standard InChI is InChI=1S/C19H34O2/c1-4-5-6-7-8-9-10-12-15-19(2,3)17-21-18-14-11-13-16-20-18/h8-9,12,15,18H,4-7,10-11,13-14,16-17H2,1-3H3/b9-8-,15-12-. The molecule has 21 heavy (non-hydrogen) atoms. The molecule has 1 rings (SSSR count). The van der Waals surface area contributed by atoms with Crippen LogP contribution in [-0.2, 0) is 9.47 Å². The lowest BCUT2D eigenvalue weighted by molar-refractivity contribution is -0.172. The van der Waals surface area contributed by atoms with Crippen LogP contribution in [0, 0.1) is 5.41 Å². The van der Waals surface area contributed by atoms with Gasteiger partial charge in [0, 0.05) is 12.0 Å². The van der Waals surface area contributed by atoms with Crippen molar-refractivity contribution in [1.82, 2.24) is 0 Å². The van der Waals surface area contributed by atoms with Crippen molar-refractivity contribution < 1.29 is 9.47 Å². The molecule has 0 saturated carbocycles. The second-order valence-corrected chi connectivity index (χ2v) is 6.70. The topological polar surface area (TPSA) is 18.5 Å². The average molecular weight is 294 g/mol. The van der Waals surface area contributed by atoms with Crippen LogP contribution in [-0.4, -0.2) is 19.5 Å². The molecule has 1 heterocycles. The van der Waals surface area contributed by atoms with Gasteiger partial charge in [-0.25, -0.2) is 0 Å². The molecule has 0 bridgehead atoms. The first-order chi connectivity index (χ1) is 10.1. The van der Waals surface area contributed by atoms with Crippen molar-refractivity contribution in [2.24, 2.45) is 5.41 Å². The molecule has 0 amide bonds. The molecule has 1 unspecified atom stereocenters. The van der Waals surface area contributed by atoms with E-state index >= 15 is 0 Å². The second kappa shape index (κ2) is 11.0. The smallest absolute Gasteiger partial charge is 0.157 e. The number of ether oxygens (including phenoxy) is 2. The molecule has 1 aliphatic heterocycles. The summed E-state index contributed by atoms with van der Waals surface area (Å²) in [4.78, 5) is 0. The predicted octanol–water partition coefficient (Wildman–Crippen LogP) is 5.64. The summed E-state index contributed by atoms with van der Waals surface area (Å²) in [6.07, 6.45) is 18.8. The highest BCUT2D eigenvalue weighted by atomic mass is 16.7. The lowest BCUT2D eigenvalue weighted by Gasteiger charge is -2.27. The van der Waals surface area contributed by atoms with Gasteiger partial charge in [-0.1, -0.05) is 57.9 Å². The monoisotopic (exact) mass is 294 g/mol. The summed E-state index contributed by atoms with van der Waals surface area (Å²) in [5.74, 6) is 0. The minimum absolute atomic E-state index is 0.0184. The van der Waals surface area contributed by atoms with Gasteiger partial charge in [-0.3, -0.25) is 0 Å². The third-order valence-electron chi connectivity index (χ3n) is 3.76. The summed E-state index contributed by atoms with van der Waals surface area (Å²) in [6, 6.07) is 0. The Morgan fingerprint density at radius 3 is 2.71 bits per heavy atom. The van der Waals surface area contributed by atoms with Crippen molar-refractivity contribution in [2.45, 2.75) is 78.4 Å². The van der Waals surface area contributed by atoms with Gasteiger partial charge in [0.05, 0.1) is 6.61 Å². The Hall–Kier alpha value is -0.600. The van der Waals surface area contributed by atoms with Gasteiger partial charge in [0.25, 0.3) is 0 Å². The maximum absolute atomic E-state index is 5.88. The van der Waals surface area contributed by atoms with E-state index in [1.165, 1.54) is 38.5 Å². The number of allylic oxidation sites excluding steroid dienone is 3. The Morgan fingerprint density at radius 1 is 1.14 bits per heavy atom. The van der Waals surface area contributed by atoms with Gasteiger partial charge in [-0.05, 0) is 38.5 Å². The van der Waals surface area contributed by atoms with E-state index in [1.807, 2.05) is 0 Å². The van der Waals surface area contributed by atoms with Crippen LogP contribution < -0.4 is 0 Å². The van der Waals surface area contributed by atoms with E-state index in [-0.39, 0.29) is 11.7 Å². The predicted molar refractivity (Wildman–Crippen MR) is 90.4 cm³/mol. The molecular weight excluding hydrogens is 260 g/mol. The molecule has 1 atom stereocenters. The molecule has 1 fully saturated rings. The zero-order valence-electron chi connectivity index (χ0n) is 14.3. The summed E-state index contributed by atoms with van der Waals surface area (Å²) in [7, 11) is 0. The number of hydrogen-bond acceptors (Lipinski definition) is 2. The van der Waals surface area contributed by atoms with Gasteiger partial charge in [0.2, 0.25) is 0 Å². The zero-order chi connectivity index (χ0) is 15.4. The molecule has 0 radical (unpaired) electrons. The number of rotatable bonds is 10. The van der Waals surface area contributed by atoms with Gasteiger partial charge in [-0.2, -0.15) is 0 Å². The molecule has 0 aromatic heterocycles. The first kappa shape index (κ1) is 18.4. The van der Waals surface area contributed by atoms with Crippen LogP contribution >= 0.6 is 0 Å². The van der Waals surface area contributed by atoms with Crippen LogP contribution in [0.4, 0.5) is 0 Å². The molecule has 0 N–H and O–H groups in total. The maximum Gasteiger partial charge on any atom is 0.157 e. The van der Waals surface area contributed by atoms with Gasteiger partial charge < -0.3 is 9.47 Å². The van der Waals surface area contributed by atoms with Gasteiger partial charge in [0.1, 0.15) is 0 Å². The zero-order valence-corrected chi connectivity index (χ0v) is 14.3. The molecule has 0 spiro atoms. The third-order valence-corrected chi connectivity index (χ3v) is 3.76. The molecule has 0 aromatic carbocycles. The van der Waals surface area contributed by atoms with Crippen LogP contribution in [0.5, 0.6) is 0 Å². The van der Waals surface area contributed by atoms with E-state index in [0.717, 1.165) is 26.1 Å². The quantitative estimate of drug-likeness (QED) is 0.383. The lowest BCUT2D eigenvalue weighted by atomic mass is 9.94. The van der Waals surface area contributed by atoms with Gasteiger partial charge in [-0.15, -0.1) is 0 Å². The van der Waals surface area contributed by atoms with Crippen molar-refractivity contribution in [3.63, 3.8) is 0 Å². The Bertz CT molecular complexity index is 299. The summed E-state index contributed by atoms with van der Waals surface area (Å²) in [5, 5.41) is 0. The Balaban J connectivity index is 2.13. The molecule has 2 nitrogen and oxygen atoms in total. The van der Waals surface area contributed by atoms with Gasteiger partial charge in [0.15, 0.2) is 6.29 Å². The SMILES string of the molecule is CCCCC/C=C\C/C=C\C(C)(C)COC1CCCCO1. The highest BCUT2D eigenvalue weighted by Gasteiger charge is 2.19. The van der Waals surface area contributed by atoms with Crippen LogP contribution in [0.15, 0.2) is 24.3 Å². The van der Waals surface area contributed by atoms with E-state index in [1.54, 1.807) is 0 Å². The van der Waals surface area contributed by atoms with Crippen molar-refractivity contribution in [3.05, 3.63) is 24.3 Å². The van der Waals surface area contributed by atoms with Crippen molar-refractivity contribution >= 4 is 0 Å². The molecule has 122 valence electrons. The summed E-state index contributed by atoms with van der Waals surface area (Å²) in [6.45, 7) is 8.27. The second-order valence-electron chi connectivity index (χ2n) is 6.70. The molecule has 1 saturated heterocycles. The van der Waals surface area contributed by atoms with Crippen LogP contribution in [0.25, 0.3) is 0 Å². The van der Waals surface area contributed by atoms with Crippen LogP contribution in [0.3, 0.4) is 0 Å². The van der Waals surface area contributed by atoms with E-state index in [4.69, 9.17) is 9.47 Å². The summed E-state index contributed by atoms with van der Waals surface area (Å²) in [5.41, 5.74) is 0.0802. The van der Waals surface area contributed by atoms with Crippen LogP contribution in [0.1, 0.15) is 72.1 Å². The molecule has 0 aromatic rings. The van der Waals surface area contributed by atoms with Gasteiger partial charge >= 0.3 is 0 Å². The van der Waals surface area contributed by atoms with E-state index in [2.05, 4.69) is 45.1 Å². The Kier molecular flexibility index (Phi) is 9.69. The van der Waals surface area contributed by atoms with Crippen molar-refractivity contribution in [1.29, 1.82) is 0 Å². The number of hydrogen-bond donors (Lipinski definition) is 0. The maximum atomic E-state index is 5.88. The lowest BCUT2D eigenvalue weighted by Crippen LogP contribution is -2.27. The largest absolute Gasteiger partial charge is 0.353 e. The fraction of sp³-hybridized carbons (Fsp3) is 0.789. The molecule has 2 heteroatoms. The first-order valence-electron chi connectivity index (χ1n) is 8.70.